The van der Waals surface area contributed by atoms with E-state index in [4.69, 9.17) is 61.6 Å². The molecule has 7 fully saturated rings. The van der Waals surface area contributed by atoms with Gasteiger partial charge in [-0.05, 0) is 6.92 Å². The van der Waals surface area contributed by atoms with Gasteiger partial charge in [0.25, 0.3) is 0 Å². The van der Waals surface area contributed by atoms with Crippen LogP contribution in [0.2, 0.25) is 0 Å². The van der Waals surface area contributed by atoms with E-state index in [1.807, 2.05) is 0 Å². The van der Waals surface area contributed by atoms with Gasteiger partial charge in [-0.2, -0.15) is 0 Å². The zero-order valence-corrected chi connectivity index (χ0v) is 54.3. The predicted octanol–water partition coefficient (Wildman–Crippen LogP) is -14.2. The summed E-state index contributed by atoms with van der Waals surface area (Å²) in [5, 5.41) is 184. The topological polar surface area (TPSA) is 627 Å². The predicted molar refractivity (Wildman–Crippen MR) is 312 cm³/mol. The number of ether oxygens (including phenoxy) is 13. The molecule has 7 amide bonds. The fourth-order valence-corrected chi connectivity index (χ4v) is 12.7. The largest absolute Gasteiger partial charge is 0.394 e. The molecule has 35 atom stereocenters. The van der Waals surface area contributed by atoms with Crippen molar-refractivity contribution in [1.82, 2.24) is 37.2 Å². The Hall–Kier alpha value is -4.83. The molecule has 562 valence electrons. The second-order valence-corrected chi connectivity index (χ2v) is 24.7. The molecule has 7 aliphatic heterocycles. The van der Waals surface area contributed by atoms with Gasteiger partial charge in [0.1, 0.15) is 158 Å². The fraction of sp³-hybridized carbons (Fsp3) is 0.875. The van der Waals surface area contributed by atoms with Gasteiger partial charge in [0.2, 0.25) is 41.4 Å². The van der Waals surface area contributed by atoms with Crippen molar-refractivity contribution in [2.24, 2.45) is 0 Å². The summed E-state index contributed by atoms with van der Waals surface area (Å²) in [6.45, 7) is 2.71. The highest BCUT2D eigenvalue weighted by Gasteiger charge is 2.60. The van der Waals surface area contributed by atoms with Gasteiger partial charge in [0, 0.05) is 48.5 Å². The summed E-state index contributed by atoms with van der Waals surface area (Å²) < 4.78 is 78.7. The molecule has 0 aromatic carbocycles. The van der Waals surface area contributed by atoms with Crippen LogP contribution in [-0.2, 0) is 95.1 Å². The van der Waals surface area contributed by atoms with Crippen LogP contribution in [0.4, 0.5) is 0 Å². The van der Waals surface area contributed by atoms with E-state index in [2.05, 4.69) is 37.2 Å². The van der Waals surface area contributed by atoms with Crippen LogP contribution in [0.5, 0.6) is 0 Å². The average molecular weight is 1420 g/mol. The van der Waals surface area contributed by atoms with Crippen molar-refractivity contribution >= 4 is 41.4 Å². The second-order valence-electron chi connectivity index (χ2n) is 24.7. The molecule has 0 spiro atoms. The zero-order valence-electron chi connectivity index (χ0n) is 54.3. The molecule has 98 heavy (non-hydrogen) atoms. The van der Waals surface area contributed by atoms with E-state index in [0.717, 1.165) is 48.5 Å². The van der Waals surface area contributed by atoms with Crippen molar-refractivity contribution in [3.8, 4) is 0 Å². The Kier molecular flexibility index (Phi) is 29.0. The molecular formula is C56H93N7O35. The molecule has 0 aromatic rings. The zero-order chi connectivity index (χ0) is 72.6. The van der Waals surface area contributed by atoms with Crippen LogP contribution in [0.25, 0.3) is 0 Å². The standard InChI is InChI=1S/C56H93N7O35/c1-15-29(57-16(2)69)48(34(50(85)87-15)62-21(7)74)97-53-32(60-19(5)72)41(81)45(25(11-66)91-53)94-52-31(59-18(4)71)40(80)46(26(12-67)90-52)95-55-35(63-22(8)75)49(38(78)28(93-55)14-86-51-30(58-17(3)70)39(79)36(76)23(9-64)88-51)98-54-33(61-20(6)73)42(82)47(27(13-68)92-54)96-56-44(84)43(83)37(77)24(10-65)89-56/h15,23-56,64-68,76-85H,9-14H2,1-8H3,(H,57,69)(H,58,70)(H,59,71)(H,60,72)(H,61,73)(H,62,74)(H,63,75)/t15-,23-,24-,25-,26-,27-,28-,29-,30-,31-,32-,33-,34-,35-,36+,37-,38-,39-,40-,41-,42-,43+,44-,45+,46+,47-,48+,49-,50+,51+,52-,53-,54+,55-,56+/m1/s1. The molecule has 42 nitrogen and oxygen atoms in total. The summed E-state index contributed by atoms with van der Waals surface area (Å²) in [6.07, 6.45) is -52.5. The van der Waals surface area contributed by atoms with Crippen molar-refractivity contribution in [1.29, 1.82) is 0 Å². The number of carbonyl (C=O) groups is 7. The Morgan fingerprint density at radius 3 is 0.980 bits per heavy atom. The summed E-state index contributed by atoms with van der Waals surface area (Å²) in [4.78, 5) is 89.7. The third kappa shape index (κ3) is 18.9. The quantitative estimate of drug-likeness (QED) is 0.0404. The first-order valence-electron chi connectivity index (χ1n) is 31.4. The third-order valence-electron chi connectivity index (χ3n) is 17.3. The smallest absolute Gasteiger partial charge is 0.217 e. The van der Waals surface area contributed by atoms with Gasteiger partial charge in [-0.3, -0.25) is 33.6 Å². The fourth-order valence-electron chi connectivity index (χ4n) is 12.7. The number of amides is 7. The van der Waals surface area contributed by atoms with E-state index in [9.17, 15) is 110 Å². The first-order chi connectivity index (χ1) is 46.2. The first kappa shape index (κ1) is 80.5. The van der Waals surface area contributed by atoms with Gasteiger partial charge in [0.15, 0.2) is 44.0 Å². The van der Waals surface area contributed by atoms with Gasteiger partial charge < -0.3 is 175 Å². The van der Waals surface area contributed by atoms with Gasteiger partial charge in [-0.25, -0.2) is 0 Å². The lowest BCUT2D eigenvalue weighted by atomic mass is 9.92. The monoisotopic (exact) mass is 1420 g/mol. The molecule has 42 heteroatoms. The van der Waals surface area contributed by atoms with E-state index in [0.29, 0.717) is 0 Å². The number of nitrogens with one attached hydrogen (secondary N) is 7. The number of hydrogen-bond acceptors (Lipinski definition) is 35. The number of aliphatic hydroxyl groups excluding tert-OH is 15. The number of hydrogen-bond donors (Lipinski definition) is 22. The van der Waals surface area contributed by atoms with E-state index in [1.54, 1.807) is 0 Å². The number of rotatable bonds is 25. The Morgan fingerprint density at radius 1 is 0.286 bits per heavy atom. The SMILES string of the molecule is CC(=O)N[C@@H]1[C@@H](O[C@H]2O[C@H](CO)[C@H](O[C@H]3O[C@H](CO)[C@H](O[C@H]4O[C@H](CO[C@H]5O[C@H](CO)[C@H](O)[C@H](O)[C@H]5NC(C)=O)[C@@H](O)[C@H](O[C@@H]5O[C@H](CO)[C@@H](O[C@@H]6O[C@H](CO)[C@@H](O)[C@H](O)[C@H]6O)[C@H](O)[C@H]5NC(C)=O)[C@H]4NC(C)=O)[C@H](O)[C@H]3NC(C)=O)[C@H](O)[C@H]2NC(C)=O)[C@H](NC(C)=O)[C@@H](C)O[C@@H]1O. The van der Waals surface area contributed by atoms with Crippen LogP contribution in [0.15, 0.2) is 0 Å². The maximum absolute atomic E-state index is 13.4. The average Bonchev–Trinajstić information content (AvgIpc) is 0.771. The van der Waals surface area contributed by atoms with Crippen molar-refractivity contribution in [2.45, 2.75) is 270 Å². The molecular weight excluding hydrogens is 1330 g/mol. The van der Waals surface area contributed by atoms with E-state index >= 15 is 0 Å². The van der Waals surface area contributed by atoms with Crippen LogP contribution in [0.3, 0.4) is 0 Å². The van der Waals surface area contributed by atoms with E-state index < -0.39 is 295 Å². The van der Waals surface area contributed by atoms with E-state index in [1.165, 1.54) is 6.92 Å². The highest BCUT2D eigenvalue weighted by molar-refractivity contribution is 5.76. The number of carbonyl (C=O) groups excluding carboxylic acids is 7. The molecule has 0 aromatic heterocycles. The number of aliphatic hydroxyl groups is 15. The molecule has 7 heterocycles. The maximum atomic E-state index is 13.4. The Morgan fingerprint density at radius 2 is 0.582 bits per heavy atom. The van der Waals surface area contributed by atoms with Crippen LogP contribution in [0, 0.1) is 0 Å². The van der Waals surface area contributed by atoms with Gasteiger partial charge >= 0.3 is 0 Å². The van der Waals surface area contributed by atoms with Crippen LogP contribution < -0.4 is 37.2 Å². The van der Waals surface area contributed by atoms with Crippen molar-refractivity contribution < 1.29 is 172 Å². The lowest BCUT2D eigenvalue weighted by Crippen LogP contribution is -2.73. The Bertz CT molecular complexity index is 2640. The minimum Gasteiger partial charge on any atom is -0.394 e. The summed E-state index contributed by atoms with van der Waals surface area (Å²) in [7, 11) is 0. The lowest BCUT2D eigenvalue weighted by molar-refractivity contribution is -0.373. The van der Waals surface area contributed by atoms with Crippen molar-refractivity contribution in [2.75, 3.05) is 39.6 Å². The van der Waals surface area contributed by atoms with Gasteiger partial charge in [-0.15, -0.1) is 0 Å². The molecule has 0 radical (unpaired) electrons. The summed E-state index contributed by atoms with van der Waals surface area (Å²) >= 11 is 0. The molecule has 22 N–H and O–H groups in total. The van der Waals surface area contributed by atoms with Crippen molar-refractivity contribution in [3.63, 3.8) is 0 Å². The molecule has 0 aliphatic carbocycles. The Balaban J connectivity index is 1.23. The van der Waals surface area contributed by atoms with Crippen molar-refractivity contribution in [3.05, 3.63) is 0 Å². The van der Waals surface area contributed by atoms with Gasteiger partial charge in [0.05, 0.1) is 51.8 Å². The van der Waals surface area contributed by atoms with Crippen LogP contribution in [-0.4, -0.2) is 372 Å². The first-order valence-corrected chi connectivity index (χ1v) is 31.4. The minimum absolute atomic E-state index is 0.610. The lowest BCUT2D eigenvalue weighted by Gasteiger charge is -2.52. The minimum atomic E-state index is -2.20. The van der Waals surface area contributed by atoms with Crippen LogP contribution >= 0.6 is 0 Å². The molecule has 7 rings (SSSR count). The van der Waals surface area contributed by atoms with E-state index in [-0.39, 0.29) is 0 Å². The highest BCUT2D eigenvalue weighted by atomic mass is 16.8. The highest BCUT2D eigenvalue weighted by Crippen LogP contribution is 2.38. The summed E-state index contributed by atoms with van der Waals surface area (Å²) in [5.74, 6) is -5.63. The molecule has 0 bridgehead atoms. The summed E-state index contributed by atoms with van der Waals surface area (Å²) in [5.41, 5.74) is 0. The third-order valence-corrected chi connectivity index (χ3v) is 17.3. The maximum Gasteiger partial charge on any atom is 0.217 e. The molecule has 7 saturated heterocycles. The molecule has 0 saturated carbocycles. The second kappa shape index (κ2) is 35.4. The normalized spacial score (nSPS) is 44.5. The Labute approximate surface area is 558 Å². The summed E-state index contributed by atoms with van der Waals surface area (Å²) in [6, 6.07) is -11.6. The molecule has 7 aliphatic rings. The molecule has 0 unspecified atom stereocenters. The van der Waals surface area contributed by atoms with Gasteiger partial charge in [-0.1, -0.05) is 0 Å². The van der Waals surface area contributed by atoms with Crippen LogP contribution in [0.1, 0.15) is 55.4 Å².